The molecule has 2 rings (SSSR count). The normalized spacial score (nSPS) is 13.3. The van der Waals surface area contributed by atoms with E-state index in [2.05, 4.69) is 14.4 Å². The Morgan fingerprint density at radius 2 is 2.20 bits per heavy atom. The maximum atomic E-state index is 12.1. The molecule has 0 saturated carbocycles. The van der Waals surface area contributed by atoms with E-state index in [-0.39, 0.29) is 11.4 Å². The lowest BCUT2D eigenvalue weighted by atomic mass is 10.1. The number of nitrogens with one attached hydrogen (secondary N) is 1. The van der Waals surface area contributed by atoms with Crippen molar-refractivity contribution in [3.05, 3.63) is 47.9 Å². The van der Waals surface area contributed by atoms with Crippen molar-refractivity contribution >= 4 is 10.0 Å². The molecule has 0 saturated heterocycles. The number of benzene rings is 1. The minimum atomic E-state index is -3.64. The number of aromatic nitrogens is 1. The number of hydrogen-bond donors (Lipinski definition) is 2. The van der Waals surface area contributed by atoms with Crippen LogP contribution in [0.3, 0.4) is 0 Å². The van der Waals surface area contributed by atoms with Gasteiger partial charge in [-0.3, -0.25) is 0 Å². The van der Waals surface area contributed by atoms with Crippen molar-refractivity contribution in [2.75, 3.05) is 0 Å². The fraction of sp³-hybridized carbons (Fsp3) is 0.308. The molecule has 0 aliphatic carbocycles. The topological polar surface area (TPSA) is 92.4 Å². The summed E-state index contributed by atoms with van der Waals surface area (Å²) >= 11 is 0. The monoisotopic (exact) mass is 296 g/mol. The summed E-state index contributed by atoms with van der Waals surface area (Å²) in [7, 11) is -3.64. The van der Waals surface area contributed by atoms with Crippen molar-refractivity contribution < 1.29 is 18.0 Å². The first-order valence-electron chi connectivity index (χ1n) is 6.20. The first kappa shape index (κ1) is 14.7. The van der Waals surface area contributed by atoms with Crippen LogP contribution < -0.4 is 4.72 Å². The summed E-state index contributed by atoms with van der Waals surface area (Å²) < 4.78 is 31.3. The molecule has 6 nitrogen and oxygen atoms in total. The predicted molar refractivity (Wildman–Crippen MR) is 72.2 cm³/mol. The predicted octanol–water partition coefficient (Wildman–Crippen LogP) is 1.60. The molecule has 0 bridgehead atoms. The molecular weight excluding hydrogens is 280 g/mol. The van der Waals surface area contributed by atoms with E-state index in [9.17, 15) is 13.5 Å². The van der Waals surface area contributed by atoms with Crippen LogP contribution in [0.5, 0.6) is 0 Å². The van der Waals surface area contributed by atoms with Crippen molar-refractivity contribution in [2.24, 2.45) is 0 Å². The maximum absolute atomic E-state index is 12.1. The zero-order valence-electron chi connectivity index (χ0n) is 11.0. The van der Waals surface area contributed by atoms with Gasteiger partial charge in [0.05, 0.1) is 23.2 Å². The maximum Gasteiger partial charge on any atom is 0.240 e. The van der Waals surface area contributed by atoms with Crippen LogP contribution in [-0.4, -0.2) is 18.7 Å². The molecule has 0 radical (unpaired) electrons. The summed E-state index contributed by atoms with van der Waals surface area (Å²) in [5.41, 5.74) is 1.08. The van der Waals surface area contributed by atoms with Gasteiger partial charge in [0.15, 0.2) is 0 Å². The Kier molecular flexibility index (Phi) is 4.53. The van der Waals surface area contributed by atoms with Gasteiger partial charge in [-0.2, -0.15) is 0 Å². The van der Waals surface area contributed by atoms with Crippen LogP contribution in [0.2, 0.25) is 0 Å². The third-order valence-electron chi connectivity index (χ3n) is 2.87. The van der Waals surface area contributed by atoms with Gasteiger partial charge < -0.3 is 9.63 Å². The molecule has 1 aromatic heterocycles. The van der Waals surface area contributed by atoms with Gasteiger partial charge in [-0.1, -0.05) is 24.2 Å². The molecule has 1 heterocycles. The van der Waals surface area contributed by atoms with Gasteiger partial charge in [0.25, 0.3) is 0 Å². The molecule has 0 aliphatic heterocycles. The number of aliphatic hydroxyl groups is 1. The average molecular weight is 296 g/mol. The molecule has 0 spiro atoms. The fourth-order valence-electron chi connectivity index (χ4n) is 1.71. The quantitative estimate of drug-likeness (QED) is 0.844. The molecule has 1 atom stereocenters. The summed E-state index contributed by atoms with van der Waals surface area (Å²) in [6.07, 6.45) is 1.23. The van der Waals surface area contributed by atoms with Crippen molar-refractivity contribution in [3.8, 4) is 0 Å². The molecule has 1 unspecified atom stereocenters. The first-order valence-corrected chi connectivity index (χ1v) is 7.68. The van der Waals surface area contributed by atoms with Gasteiger partial charge in [-0.05, 0) is 24.1 Å². The third kappa shape index (κ3) is 3.44. The number of rotatable bonds is 6. The van der Waals surface area contributed by atoms with E-state index in [1.807, 2.05) is 6.92 Å². The SMILES string of the molecule is CCC(O)c1cccc(S(=O)(=O)NCc2ccon2)c1. The van der Waals surface area contributed by atoms with E-state index in [1.165, 1.54) is 18.4 Å². The van der Waals surface area contributed by atoms with E-state index >= 15 is 0 Å². The van der Waals surface area contributed by atoms with Gasteiger partial charge in [0.2, 0.25) is 10.0 Å². The largest absolute Gasteiger partial charge is 0.388 e. The fourth-order valence-corrected chi connectivity index (χ4v) is 2.76. The minimum Gasteiger partial charge on any atom is -0.388 e. The lowest BCUT2D eigenvalue weighted by molar-refractivity contribution is 0.173. The standard InChI is InChI=1S/C13H16N2O4S/c1-2-13(16)10-4-3-5-12(8-10)20(17,18)14-9-11-6-7-19-15-11/h3-8,13-14,16H,2,9H2,1H3. The molecule has 20 heavy (non-hydrogen) atoms. The van der Waals surface area contributed by atoms with E-state index in [1.54, 1.807) is 18.2 Å². The Bertz CT molecular complexity index is 653. The molecule has 1 aromatic carbocycles. The molecule has 0 amide bonds. The van der Waals surface area contributed by atoms with Crippen molar-refractivity contribution in [2.45, 2.75) is 30.9 Å². The lowest BCUT2D eigenvalue weighted by Gasteiger charge is -2.10. The van der Waals surface area contributed by atoms with Gasteiger partial charge in [-0.25, -0.2) is 13.1 Å². The van der Waals surface area contributed by atoms with Gasteiger partial charge in [-0.15, -0.1) is 0 Å². The van der Waals surface area contributed by atoms with E-state index < -0.39 is 16.1 Å². The van der Waals surface area contributed by atoms with Gasteiger partial charge in [0.1, 0.15) is 6.26 Å². The number of aliphatic hydroxyl groups excluding tert-OH is 1. The number of nitrogens with zero attached hydrogens (tertiary/aromatic N) is 1. The number of sulfonamides is 1. The molecule has 2 aromatic rings. The molecule has 7 heteroatoms. The Morgan fingerprint density at radius 1 is 1.40 bits per heavy atom. The zero-order chi connectivity index (χ0) is 14.6. The minimum absolute atomic E-state index is 0.0550. The van der Waals surface area contributed by atoms with Crippen LogP contribution in [0.25, 0.3) is 0 Å². The second kappa shape index (κ2) is 6.17. The van der Waals surface area contributed by atoms with Crippen LogP contribution >= 0.6 is 0 Å². The third-order valence-corrected chi connectivity index (χ3v) is 4.27. The van der Waals surface area contributed by atoms with E-state index in [0.717, 1.165) is 0 Å². The second-order valence-electron chi connectivity index (χ2n) is 4.31. The highest BCUT2D eigenvalue weighted by Gasteiger charge is 2.16. The van der Waals surface area contributed by atoms with Gasteiger partial charge in [0, 0.05) is 6.07 Å². The average Bonchev–Trinajstić information content (AvgIpc) is 2.98. The zero-order valence-corrected chi connectivity index (χ0v) is 11.8. The summed E-state index contributed by atoms with van der Waals surface area (Å²) in [5, 5.41) is 13.4. The Morgan fingerprint density at radius 3 is 2.85 bits per heavy atom. The molecule has 2 N–H and O–H groups in total. The summed E-state index contributed by atoms with van der Waals surface area (Å²) in [4.78, 5) is 0.117. The Labute approximate surface area is 117 Å². The molecule has 0 fully saturated rings. The highest BCUT2D eigenvalue weighted by atomic mass is 32.2. The molecule has 0 aliphatic rings. The highest BCUT2D eigenvalue weighted by molar-refractivity contribution is 7.89. The van der Waals surface area contributed by atoms with Crippen LogP contribution in [-0.2, 0) is 16.6 Å². The number of hydrogen-bond acceptors (Lipinski definition) is 5. The van der Waals surface area contributed by atoms with E-state index in [0.29, 0.717) is 17.7 Å². The first-order chi connectivity index (χ1) is 9.53. The van der Waals surface area contributed by atoms with Crippen LogP contribution in [0.4, 0.5) is 0 Å². The van der Waals surface area contributed by atoms with Crippen LogP contribution in [0.15, 0.2) is 46.0 Å². The lowest BCUT2D eigenvalue weighted by Crippen LogP contribution is -2.23. The van der Waals surface area contributed by atoms with Crippen molar-refractivity contribution in [1.29, 1.82) is 0 Å². The molecule has 108 valence electrons. The van der Waals surface area contributed by atoms with E-state index in [4.69, 9.17) is 0 Å². The Hall–Kier alpha value is -1.70. The summed E-state index contributed by atoms with van der Waals surface area (Å²) in [6, 6.07) is 7.85. The van der Waals surface area contributed by atoms with Crippen molar-refractivity contribution in [1.82, 2.24) is 9.88 Å². The van der Waals surface area contributed by atoms with Crippen LogP contribution in [0.1, 0.15) is 30.7 Å². The summed E-state index contributed by atoms with van der Waals surface area (Å²) in [5.74, 6) is 0. The highest BCUT2D eigenvalue weighted by Crippen LogP contribution is 2.19. The van der Waals surface area contributed by atoms with Crippen molar-refractivity contribution in [3.63, 3.8) is 0 Å². The Balaban J connectivity index is 2.16. The summed E-state index contributed by atoms with van der Waals surface area (Å²) in [6.45, 7) is 1.88. The van der Waals surface area contributed by atoms with Crippen LogP contribution in [0, 0.1) is 0 Å². The smallest absolute Gasteiger partial charge is 0.240 e. The van der Waals surface area contributed by atoms with Gasteiger partial charge >= 0.3 is 0 Å². The molecular formula is C13H16N2O4S. The second-order valence-corrected chi connectivity index (χ2v) is 6.08.